The van der Waals surface area contributed by atoms with Crippen LogP contribution in [0.3, 0.4) is 0 Å². The van der Waals surface area contributed by atoms with Gasteiger partial charge in [-0.05, 0) is 19.1 Å². The highest BCUT2D eigenvalue weighted by molar-refractivity contribution is 5.93. The number of nitrogens with zero attached hydrogens (tertiary/aromatic N) is 5. The van der Waals surface area contributed by atoms with Crippen LogP contribution in [0.1, 0.15) is 34.4 Å². The minimum atomic E-state index is -0.903. The zero-order valence-electron chi connectivity index (χ0n) is 19.0. The monoisotopic (exact) mass is 478 g/mol. The van der Waals surface area contributed by atoms with Crippen molar-refractivity contribution in [2.24, 2.45) is 7.05 Å². The fourth-order valence-electron chi connectivity index (χ4n) is 3.56. The normalized spacial score (nSPS) is 12.6. The van der Waals surface area contributed by atoms with Crippen molar-refractivity contribution in [1.29, 1.82) is 5.26 Å². The molecule has 3 heterocycles. The summed E-state index contributed by atoms with van der Waals surface area (Å²) in [6.07, 6.45) is 3.43. The second kappa shape index (κ2) is 9.34. The molecule has 9 nitrogen and oxygen atoms in total. The molecule has 178 valence electrons. The maximum atomic E-state index is 14.1. The van der Waals surface area contributed by atoms with Crippen LogP contribution in [-0.2, 0) is 12.5 Å². The Kier molecular flexibility index (Phi) is 6.29. The number of halogens is 2. The Labute approximate surface area is 198 Å². The predicted molar refractivity (Wildman–Crippen MR) is 119 cm³/mol. The quantitative estimate of drug-likeness (QED) is 0.433. The summed E-state index contributed by atoms with van der Waals surface area (Å²) in [5.74, 6) is -1.73. The number of methoxy groups -OCH3 is 1. The number of amides is 1. The third-order valence-corrected chi connectivity index (χ3v) is 5.60. The van der Waals surface area contributed by atoms with E-state index in [1.807, 2.05) is 13.0 Å². The van der Waals surface area contributed by atoms with Gasteiger partial charge in [0.1, 0.15) is 29.1 Å². The number of nitrogens with one attached hydrogen (secondary N) is 1. The lowest BCUT2D eigenvalue weighted by Crippen LogP contribution is -2.40. The molecule has 0 aliphatic heterocycles. The molecule has 1 aromatic carbocycles. The third kappa shape index (κ3) is 4.72. The molecule has 1 amide bonds. The first kappa shape index (κ1) is 23.6. The topological polar surface area (TPSA) is 119 Å². The maximum Gasteiger partial charge on any atom is 0.273 e. The Morgan fingerprint density at radius 1 is 1.29 bits per heavy atom. The van der Waals surface area contributed by atoms with E-state index in [9.17, 15) is 18.8 Å². The summed E-state index contributed by atoms with van der Waals surface area (Å²) in [7, 11) is 3.24. The van der Waals surface area contributed by atoms with E-state index in [4.69, 9.17) is 9.26 Å². The van der Waals surface area contributed by atoms with Gasteiger partial charge in [0.15, 0.2) is 11.5 Å². The van der Waals surface area contributed by atoms with Crippen molar-refractivity contribution in [3.05, 3.63) is 83.1 Å². The van der Waals surface area contributed by atoms with E-state index in [0.29, 0.717) is 17.5 Å². The average molecular weight is 478 g/mol. The number of hydrogen-bond acceptors (Lipinski definition) is 7. The Morgan fingerprint density at radius 3 is 2.74 bits per heavy atom. The number of hydrogen-bond donors (Lipinski definition) is 1. The van der Waals surface area contributed by atoms with Gasteiger partial charge in [0.25, 0.3) is 5.91 Å². The summed E-state index contributed by atoms with van der Waals surface area (Å²) in [5, 5.41) is 20.1. The SMILES string of the molecule is COc1cc(C#N)nc(C(C)(CNC(=O)c2cc(-c3ccc(F)cc3F)on2)c2cnn(C)c2)c1. The second-order valence-electron chi connectivity index (χ2n) is 8.01. The van der Waals surface area contributed by atoms with Crippen molar-refractivity contribution in [3.63, 3.8) is 0 Å². The highest BCUT2D eigenvalue weighted by Gasteiger charge is 2.34. The summed E-state index contributed by atoms with van der Waals surface area (Å²) < 4.78 is 39.3. The van der Waals surface area contributed by atoms with Crippen molar-refractivity contribution in [2.45, 2.75) is 12.3 Å². The van der Waals surface area contributed by atoms with E-state index < -0.39 is 23.0 Å². The lowest BCUT2D eigenvalue weighted by molar-refractivity contribution is 0.0938. The summed E-state index contributed by atoms with van der Waals surface area (Å²) in [6.45, 7) is 1.89. The minimum Gasteiger partial charge on any atom is -0.497 e. The second-order valence-corrected chi connectivity index (χ2v) is 8.01. The van der Waals surface area contributed by atoms with Crippen LogP contribution in [0, 0.1) is 23.0 Å². The fraction of sp³-hybridized carbons (Fsp3) is 0.208. The number of nitriles is 1. The van der Waals surface area contributed by atoms with Crippen molar-refractivity contribution in [3.8, 4) is 23.1 Å². The minimum absolute atomic E-state index is 0.0178. The predicted octanol–water partition coefficient (Wildman–Crippen LogP) is 3.36. The molecule has 11 heteroatoms. The maximum absolute atomic E-state index is 14.1. The molecule has 0 aliphatic rings. The molecule has 0 spiro atoms. The van der Waals surface area contributed by atoms with Gasteiger partial charge in [-0.15, -0.1) is 0 Å². The van der Waals surface area contributed by atoms with Gasteiger partial charge in [0, 0.05) is 49.6 Å². The summed E-state index contributed by atoms with van der Waals surface area (Å²) in [4.78, 5) is 17.3. The van der Waals surface area contributed by atoms with E-state index in [-0.39, 0.29) is 29.3 Å². The van der Waals surface area contributed by atoms with Gasteiger partial charge < -0.3 is 14.6 Å². The van der Waals surface area contributed by atoms with Gasteiger partial charge in [-0.1, -0.05) is 5.16 Å². The van der Waals surface area contributed by atoms with Crippen LogP contribution >= 0.6 is 0 Å². The molecule has 4 rings (SSSR count). The van der Waals surface area contributed by atoms with Crippen molar-refractivity contribution in [1.82, 2.24) is 25.2 Å². The molecule has 0 radical (unpaired) electrons. The number of aromatic nitrogens is 4. The van der Waals surface area contributed by atoms with Gasteiger partial charge in [-0.2, -0.15) is 10.4 Å². The van der Waals surface area contributed by atoms with Crippen molar-refractivity contribution < 1.29 is 22.8 Å². The standard InChI is InChI=1S/C24H20F2N6O3/c1-24(14-11-29-32(2)12-14,22-8-17(34-3)7-16(10-27)30-22)13-28-23(33)20-9-21(35-31-20)18-5-4-15(25)6-19(18)26/h4-9,11-12H,13H2,1-3H3,(H,28,33). The van der Waals surface area contributed by atoms with E-state index in [0.717, 1.165) is 11.6 Å². The summed E-state index contributed by atoms with van der Waals surface area (Å²) in [6, 6.07) is 9.48. The molecular formula is C24H20F2N6O3. The molecule has 1 atom stereocenters. The van der Waals surface area contributed by atoms with E-state index in [2.05, 4.69) is 20.6 Å². The number of rotatable bonds is 7. The highest BCUT2D eigenvalue weighted by Crippen LogP contribution is 2.32. The zero-order valence-corrected chi connectivity index (χ0v) is 19.0. The van der Waals surface area contributed by atoms with Crippen LogP contribution in [-0.4, -0.2) is 39.5 Å². The van der Waals surface area contributed by atoms with Crippen molar-refractivity contribution >= 4 is 5.91 Å². The van der Waals surface area contributed by atoms with Crippen LogP contribution in [0.2, 0.25) is 0 Å². The molecule has 4 aromatic rings. The molecule has 1 unspecified atom stereocenters. The average Bonchev–Trinajstić information content (AvgIpc) is 3.51. The molecule has 0 saturated heterocycles. The van der Waals surface area contributed by atoms with Crippen LogP contribution in [0.15, 0.2) is 53.3 Å². The van der Waals surface area contributed by atoms with Gasteiger partial charge in [-0.3, -0.25) is 9.48 Å². The van der Waals surface area contributed by atoms with Crippen LogP contribution in [0.25, 0.3) is 11.3 Å². The van der Waals surface area contributed by atoms with Gasteiger partial charge in [0.05, 0.1) is 30.0 Å². The van der Waals surface area contributed by atoms with Crippen LogP contribution in [0.4, 0.5) is 8.78 Å². The molecule has 0 fully saturated rings. The Balaban J connectivity index is 1.63. The smallest absolute Gasteiger partial charge is 0.273 e. The fourth-order valence-corrected chi connectivity index (χ4v) is 3.56. The van der Waals surface area contributed by atoms with Gasteiger partial charge >= 0.3 is 0 Å². The van der Waals surface area contributed by atoms with Crippen molar-refractivity contribution in [2.75, 3.05) is 13.7 Å². The first-order valence-corrected chi connectivity index (χ1v) is 10.4. The number of carbonyl (C=O) groups is 1. The summed E-state index contributed by atoms with van der Waals surface area (Å²) in [5.41, 5.74) is 0.356. The third-order valence-electron chi connectivity index (χ3n) is 5.60. The van der Waals surface area contributed by atoms with Crippen LogP contribution < -0.4 is 10.1 Å². The molecule has 35 heavy (non-hydrogen) atoms. The van der Waals surface area contributed by atoms with E-state index >= 15 is 0 Å². The first-order valence-electron chi connectivity index (χ1n) is 10.4. The molecule has 0 saturated carbocycles. The van der Waals surface area contributed by atoms with Gasteiger partial charge in [-0.25, -0.2) is 13.8 Å². The Bertz CT molecular complexity index is 1440. The lowest BCUT2D eigenvalue weighted by atomic mass is 9.80. The van der Waals surface area contributed by atoms with Crippen LogP contribution in [0.5, 0.6) is 5.75 Å². The van der Waals surface area contributed by atoms with Gasteiger partial charge in [0.2, 0.25) is 0 Å². The van der Waals surface area contributed by atoms with E-state index in [1.54, 1.807) is 30.2 Å². The Hall–Kier alpha value is -4.59. The number of pyridine rings is 1. The Morgan fingerprint density at radius 2 is 2.09 bits per heavy atom. The molecule has 0 aliphatic carbocycles. The molecule has 3 aromatic heterocycles. The number of benzene rings is 1. The molecular weight excluding hydrogens is 458 g/mol. The molecule has 1 N–H and O–H groups in total. The van der Waals surface area contributed by atoms with E-state index in [1.165, 1.54) is 25.3 Å². The largest absolute Gasteiger partial charge is 0.497 e. The first-order chi connectivity index (χ1) is 16.7. The zero-order chi connectivity index (χ0) is 25.2. The lowest BCUT2D eigenvalue weighted by Gasteiger charge is -2.28. The summed E-state index contributed by atoms with van der Waals surface area (Å²) >= 11 is 0. The number of carbonyl (C=O) groups excluding carboxylic acids is 1. The highest BCUT2D eigenvalue weighted by atomic mass is 19.1. The molecule has 0 bridgehead atoms. The number of ether oxygens (including phenoxy) is 1. The number of aryl methyl sites for hydroxylation is 1.